The van der Waals surface area contributed by atoms with Gasteiger partial charge in [-0.15, -0.1) is 0 Å². The molecule has 1 aliphatic rings. The number of esters is 1. The van der Waals surface area contributed by atoms with Gasteiger partial charge in [-0.25, -0.2) is 4.79 Å². The third-order valence-electron chi connectivity index (χ3n) is 7.43. The lowest BCUT2D eigenvalue weighted by molar-refractivity contribution is -0.161. The van der Waals surface area contributed by atoms with Crippen molar-refractivity contribution in [3.63, 3.8) is 0 Å². The smallest absolute Gasteiger partial charge is 0.418 e. The minimum atomic E-state index is -1.43. The van der Waals surface area contributed by atoms with Crippen molar-refractivity contribution in [1.82, 2.24) is 9.47 Å². The van der Waals surface area contributed by atoms with Crippen LogP contribution >= 0.6 is 0 Å². The van der Waals surface area contributed by atoms with Crippen molar-refractivity contribution in [1.29, 1.82) is 0 Å². The molecular formula is C35H43N2O6. The quantitative estimate of drug-likeness (QED) is 0.304. The van der Waals surface area contributed by atoms with Crippen LogP contribution in [0.5, 0.6) is 5.75 Å². The van der Waals surface area contributed by atoms with Gasteiger partial charge < -0.3 is 19.5 Å². The maximum atomic E-state index is 14.0. The molecule has 0 aliphatic carbocycles. The molecule has 2 aromatic carbocycles. The van der Waals surface area contributed by atoms with Crippen LogP contribution in [0.25, 0.3) is 11.3 Å². The number of phenols is 1. The molecule has 1 aromatic heterocycles. The zero-order valence-corrected chi connectivity index (χ0v) is 26.1. The monoisotopic (exact) mass is 587 g/mol. The molecule has 0 spiro atoms. The molecule has 1 fully saturated rings. The van der Waals surface area contributed by atoms with Crippen molar-refractivity contribution < 1.29 is 29.0 Å². The van der Waals surface area contributed by atoms with Crippen molar-refractivity contribution in [2.45, 2.75) is 83.3 Å². The van der Waals surface area contributed by atoms with E-state index in [0.717, 1.165) is 24.0 Å². The van der Waals surface area contributed by atoms with Crippen molar-refractivity contribution in [2.75, 3.05) is 13.1 Å². The van der Waals surface area contributed by atoms with Crippen LogP contribution in [0, 0.1) is 6.92 Å². The minimum absolute atomic E-state index is 0.0618. The van der Waals surface area contributed by atoms with Gasteiger partial charge in [-0.3, -0.25) is 14.2 Å². The summed E-state index contributed by atoms with van der Waals surface area (Å²) in [6.45, 7) is 16.5. The van der Waals surface area contributed by atoms with E-state index in [1.54, 1.807) is 45.2 Å². The van der Waals surface area contributed by atoms with Gasteiger partial charge in [0.1, 0.15) is 17.0 Å². The number of likely N-dealkylation sites (tertiary alicyclic amines) is 1. The first-order valence-electron chi connectivity index (χ1n) is 14.8. The van der Waals surface area contributed by atoms with Crippen LogP contribution < -0.4 is 0 Å². The largest absolute Gasteiger partial charge is 0.508 e. The fraction of sp³-hybridized carbons (Fsp3) is 0.429. The summed E-state index contributed by atoms with van der Waals surface area (Å²) in [5.74, 6) is -1.25. The molecule has 0 bridgehead atoms. The molecule has 1 aliphatic heterocycles. The molecule has 3 aromatic rings. The Morgan fingerprint density at radius 2 is 1.44 bits per heavy atom. The number of phenolic OH excluding ortho intramolecular Hbond substituents is 1. The lowest BCUT2D eigenvalue weighted by atomic mass is 9.73. The van der Waals surface area contributed by atoms with Crippen LogP contribution in [0.15, 0.2) is 66.9 Å². The van der Waals surface area contributed by atoms with E-state index in [1.165, 1.54) is 16.7 Å². The van der Waals surface area contributed by atoms with Gasteiger partial charge in [0.25, 0.3) is 0 Å². The second kappa shape index (κ2) is 12.3. The summed E-state index contributed by atoms with van der Waals surface area (Å²) in [6, 6.07) is 17.4. The number of carbonyl (C=O) groups excluding carboxylic acids is 3. The molecule has 4 rings (SSSR count). The van der Waals surface area contributed by atoms with Crippen molar-refractivity contribution in [2.24, 2.45) is 0 Å². The molecule has 1 radical (unpaired) electrons. The maximum absolute atomic E-state index is 14.0. The van der Waals surface area contributed by atoms with E-state index in [1.807, 2.05) is 56.0 Å². The molecule has 43 heavy (non-hydrogen) atoms. The van der Waals surface area contributed by atoms with Gasteiger partial charge in [-0.05, 0) is 109 Å². The van der Waals surface area contributed by atoms with Crippen LogP contribution in [0.3, 0.4) is 0 Å². The van der Waals surface area contributed by atoms with E-state index in [0.29, 0.717) is 24.3 Å². The van der Waals surface area contributed by atoms with Gasteiger partial charge in [0, 0.05) is 19.3 Å². The Morgan fingerprint density at radius 3 is 2.00 bits per heavy atom. The SMILES string of the molecule is [CH2][C@@](C[C@H](C(=O)N1CCCC1)c1ccc(-c2cccn2C(=O)OC(C)(C)C)cc1)(C(=O)OC(C)(C)C)c1ccc(O)cc1. The first-order chi connectivity index (χ1) is 20.1. The standard InChI is InChI=1S/C35H43N2O6/c1-33(2,3)42-31(40)35(7,26-16-18-27(38)19-17-26)23-28(30(39)36-20-8-9-21-36)24-12-14-25(15-13-24)29-11-10-22-37(29)32(41)43-34(4,5)6/h10-19,22,28,38H,7-9,20-21,23H2,1-6H3/t28-,35-/m0/s1. The molecule has 1 saturated heterocycles. The van der Waals surface area contributed by atoms with E-state index in [-0.39, 0.29) is 18.1 Å². The van der Waals surface area contributed by atoms with Gasteiger partial charge in [-0.1, -0.05) is 36.4 Å². The average molecular weight is 588 g/mol. The summed E-state index contributed by atoms with van der Waals surface area (Å²) in [6.07, 6.45) is 3.10. The van der Waals surface area contributed by atoms with Crippen LogP contribution in [0.2, 0.25) is 0 Å². The number of nitrogens with zero attached hydrogens (tertiary/aromatic N) is 2. The maximum Gasteiger partial charge on any atom is 0.418 e. The van der Waals surface area contributed by atoms with Gasteiger partial charge in [0.15, 0.2) is 0 Å². The van der Waals surface area contributed by atoms with E-state index in [9.17, 15) is 19.5 Å². The Bertz CT molecular complexity index is 1440. The number of benzene rings is 2. The van der Waals surface area contributed by atoms with Gasteiger partial charge in [0.05, 0.1) is 17.0 Å². The van der Waals surface area contributed by atoms with Gasteiger partial charge >= 0.3 is 12.1 Å². The second-order valence-electron chi connectivity index (χ2n) is 13.3. The highest BCUT2D eigenvalue weighted by Gasteiger charge is 2.44. The highest BCUT2D eigenvalue weighted by atomic mass is 16.6. The number of carbonyl (C=O) groups is 3. The number of amides is 1. The fourth-order valence-corrected chi connectivity index (χ4v) is 5.30. The third kappa shape index (κ3) is 7.66. The van der Waals surface area contributed by atoms with Crippen LogP contribution in [0.4, 0.5) is 4.79 Å². The zero-order valence-electron chi connectivity index (χ0n) is 26.1. The Labute approximate surface area is 254 Å². The van der Waals surface area contributed by atoms with E-state index < -0.39 is 34.6 Å². The van der Waals surface area contributed by atoms with E-state index in [2.05, 4.69) is 6.92 Å². The van der Waals surface area contributed by atoms with Crippen molar-refractivity contribution in [3.8, 4) is 17.0 Å². The summed E-state index contributed by atoms with van der Waals surface area (Å²) in [7, 11) is 0. The molecule has 2 atom stereocenters. The molecule has 229 valence electrons. The fourth-order valence-electron chi connectivity index (χ4n) is 5.30. The Morgan fingerprint density at radius 1 is 0.860 bits per heavy atom. The van der Waals surface area contributed by atoms with E-state index >= 15 is 0 Å². The molecule has 8 nitrogen and oxygen atoms in total. The highest BCUT2D eigenvalue weighted by molar-refractivity contribution is 5.89. The predicted molar refractivity (Wildman–Crippen MR) is 166 cm³/mol. The minimum Gasteiger partial charge on any atom is -0.508 e. The third-order valence-corrected chi connectivity index (χ3v) is 7.43. The summed E-state index contributed by atoms with van der Waals surface area (Å²) in [4.78, 5) is 42.5. The van der Waals surface area contributed by atoms with Gasteiger partial charge in [-0.2, -0.15) is 0 Å². The first kappa shape index (κ1) is 31.9. The summed E-state index contributed by atoms with van der Waals surface area (Å²) >= 11 is 0. The van der Waals surface area contributed by atoms with Crippen LogP contribution in [-0.4, -0.2) is 56.8 Å². The highest BCUT2D eigenvalue weighted by Crippen LogP contribution is 2.40. The molecular weight excluding hydrogens is 544 g/mol. The Kier molecular flexibility index (Phi) is 9.09. The lowest BCUT2D eigenvalue weighted by Crippen LogP contribution is -2.43. The topological polar surface area (TPSA) is 98.1 Å². The normalized spacial score (nSPS) is 15.9. The number of hydrogen-bond acceptors (Lipinski definition) is 6. The molecule has 1 amide bonds. The molecule has 8 heteroatoms. The molecule has 2 heterocycles. The lowest BCUT2D eigenvalue weighted by Gasteiger charge is -2.35. The Hall–Kier alpha value is -4.07. The summed E-state index contributed by atoms with van der Waals surface area (Å²) in [5, 5.41) is 9.92. The Balaban J connectivity index is 1.73. The second-order valence-corrected chi connectivity index (χ2v) is 13.3. The van der Waals surface area contributed by atoms with Crippen LogP contribution in [0.1, 0.15) is 77.8 Å². The molecule has 0 saturated carbocycles. The number of ether oxygens (including phenoxy) is 2. The van der Waals surface area contributed by atoms with Gasteiger partial charge in [0.2, 0.25) is 5.91 Å². The predicted octanol–water partition coefficient (Wildman–Crippen LogP) is 6.85. The number of aromatic nitrogens is 1. The summed E-state index contributed by atoms with van der Waals surface area (Å²) < 4.78 is 12.9. The van der Waals surface area contributed by atoms with Crippen molar-refractivity contribution >= 4 is 18.0 Å². The number of rotatable bonds is 7. The zero-order chi connectivity index (χ0) is 31.6. The van der Waals surface area contributed by atoms with Crippen molar-refractivity contribution in [3.05, 3.63) is 84.9 Å². The molecule has 0 unspecified atom stereocenters. The van der Waals surface area contributed by atoms with Crippen LogP contribution in [-0.2, 0) is 24.5 Å². The number of aromatic hydroxyl groups is 1. The average Bonchev–Trinajstić information content (AvgIpc) is 3.63. The number of hydrogen-bond donors (Lipinski definition) is 1. The van der Waals surface area contributed by atoms with E-state index in [4.69, 9.17) is 9.47 Å². The first-order valence-corrected chi connectivity index (χ1v) is 14.8. The molecule has 1 N–H and O–H groups in total. The summed E-state index contributed by atoms with van der Waals surface area (Å²) in [5.41, 5.74) is -0.123.